The van der Waals surface area contributed by atoms with Crippen molar-refractivity contribution in [3.63, 3.8) is 0 Å². The van der Waals surface area contributed by atoms with E-state index in [-0.39, 0.29) is 16.3 Å². The Labute approximate surface area is 144 Å². The second-order valence-electron chi connectivity index (χ2n) is 5.78. The van der Waals surface area contributed by atoms with E-state index in [0.29, 0.717) is 12.8 Å². The quantitative estimate of drug-likeness (QED) is 0.778. The van der Waals surface area contributed by atoms with Gasteiger partial charge < -0.3 is 9.84 Å². The molecule has 24 heavy (non-hydrogen) atoms. The van der Waals surface area contributed by atoms with Crippen LogP contribution >= 0.6 is 11.3 Å². The van der Waals surface area contributed by atoms with Gasteiger partial charge in [-0.1, -0.05) is 24.3 Å². The summed E-state index contributed by atoms with van der Waals surface area (Å²) < 4.78 is 32.0. The number of hydrogen-bond acceptors (Lipinski definition) is 6. The molecule has 0 fully saturated rings. The van der Waals surface area contributed by atoms with Crippen LogP contribution in [0, 0.1) is 0 Å². The number of carbonyl (C=O) groups is 1. The van der Waals surface area contributed by atoms with E-state index in [0.717, 1.165) is 22.5 Å². The summed E-state index contributed by atoms with van der Waals surface area (Å²) in [6, 6.07) is 8.99. The van der Waals surface area contributed by atoms with Crippen molar-refractivity contribution in [1.82, 2.24) is 4.72 Å². The van der Waals surface area contributed by atoms with Crippen LogP contribution in [0.25, 0.3) is 0 Å². The zero-order valence-electron chi connectivity index (χ0n) is 13.0. The van der Waals surface area contributed by atoms with Crippen LogP contribution in [0.2, 0.25) is 0 Å². The van der Waals surface area contributed by atoms with E-state index in [1.54, 1.807) is 0 Å². The number of ether oxygens (including phenoxy) is 1. The Kier molecular flexibility index (Phi) is 4.48. The highest BCUT2D eigenvalue weighted by molar-refractivity contribution is 7.89. The molecule has 3 rings (SSSR count). The fourth-order valence-electron chi connectivity index (χ4n) is 2.86. The number of esters is 1. The fraction of sp³-hybridized carbons (Fsp3) is 0.312. The number of aliphatic hydroxyl groups is 1. The molecular weight excluding hydrogens is 350 g/mol. The molecule has 1 aliphatic rings. The summed E-state index contributed by atoms with van der Waals surface area (Å²) in [4.78, 5) is 11.6. The van der Waals surface area contributed by atoms with Gasteiger partial charge in [-0.05, 0) is 22.6 Å². The van der Waals surface area contributed by atoms with E-state index in [1.165, 1.54) is 18.6 Å². The third-order valence-electron chi connectivity index (χ3n) is 4.04. The summed E-state index contributed by atoms with van der Waals surface area (Å²) in [5.41, 5.74) is 0.869. The molecule has 0 bridgehead atoms. The van der Waals surface area contributed by atoms with Crippen molar-refractivity contribution in [2.45, 2.75) is 23.3 Å². The summed E-state index contributed by atoms with van der Waals surface area (Å²) in [5.74, 6) is -0.697. The Bertz CT molecular complexity index is 847. The van der Waals surface area contributed by atoms with Gasteiger partial charge in [0, 0.05) is 19.4 Å². The topological polar surface area (TPSA) is 92.7 Å². The number of methoxy groups -OCH3 is 1. The van der Waals surface area contributed by atoms with Gasteiger partial charge in [0.2, 0.25) is 10.0 Å². The van der Waals surface area contributed by atoms with Crippen molar-refractivity contribution in [2.75, 3.05) is 13.7 Å². The van der Waals surface area contributed by atoms with E-state index >= 15 is 0 Å². The lowest BCUT2D eigenvalue weighted by Crippen LogP contribution is -2.43. The number of fused-ring (bicyclic) bond motifs is 1. The minimum atomic E-state index is -3.92. The maximum Gasteiger partial charge on any atom is 0.349 e. The first-order valence-electron chi connectivity index (χ1n) is 7.29. The Morgan fingerprint density at radius 3 is 2.50 bits per heavy atom. The Morgan fingerprint density at radius 1 is 1.29 bits per heavy atom. The summed E-state index contributed by atoms with van der Waals surface area (Å²) in [7, 11) is -2.72. The van der Waals surface area contributed by atoms with Gasteiger partial charge >= 0.3 is 5.97 Å². The number of benzene rings is 1. The van der Waals surface area contributed by atoms with Crippen molar-refractivity contribution in [3.05, 3.63) is 51.7 Å². The molecule has 8 heteroatoms. The van der Waals surface area contributed by atoms with Crippen LogP contribution in [0.4, 0.5) is 0 Å². The number of rotatable bonds is 5. The van der Waals surface area contributed by atoms with Crippen LogP contribution in [0.1, 0.15) is 20.8 Å². The summed E-state index contributed by atoms with van der Waals surface area (Å²) in [5, 5.41) is 12.2. The normalized spacial score (nSPS) is 15.9. The molecule has 128 valence electrons. The summed E-state index contributed by atoms with van der Waals surface area (Å²) in [6.07, 6.45) is 0.776. The van der Waals surface area contributed by atoms with Crippen LogP contribution in [-0.2, 0) is 27.6 Å². The summed E-state index contributed by atoms with van der Waals surface area (Å²) in [6.45, 7) is -0.125. The van der Waals surface area contributed by atoms with Crippen molar-refractivity contribution in [1.29, 1.82) is 0 Å². The van der Waals surface area contributed by atoms with Gasteiger partial charge in [0.15, 0.2) is 0 Å². The molecule has 0 radical (unpaired) electrons. The highest BCUT2D eigenvalue weighted by Crippen LogP contribution is 2.30. The lowest BCUT2D eigenvalue weighted by Gasteiger charge is -2.22. The molecule has 6 nitrogen and oxygen atoms in total. The average molecular weight is 367 g/mol. The van der Waals surface area contributed by atoms with Crippen LogP contribution < -0.4 is 4.72 Å². The Hall–Kier alpha value is -1.74. The second-order valence-corrected chi connectivity index (χ2v) is 8.43. The highest BCUT2D eigenvalue weighted by atomic mass is 32.2. The molecule has 2 aromatic rings. The van der Waals surface area contributed by atoms with Crippen LogP contribution in [0.5, 0.6) is 0 Å². The molecule has 1 heterocycles. The molecular formula is C16H17NO5S2. The zero-order chi connectivity index (χ0) is 17.4. The lowest BCUT2D eigenvalue weighted by molar-refractivity contribution is 0.0567. The Morgan fingerprint density at radius 2 is 1.92 bits per heavy atom. The minimum Gasteiger partial charge on any atom is -0.465 e. The average Bonchev–Trinajstić information content (AvgIpc) is 3.16. The summed E-state index contributed by atoms with van der Waals surface area (Å²) >= 11 is 1.000. The maximum atomic E-state index is 12.5. The first kappa shape index (κ1) is 17.1. The van der Waals surface area contributed by atoms with Crippen molar-refractivity contribution in [3.8, 4) is 0 Å². The standard InChI is InChI=1S/C16H17NO5S2/c1-22-15(18)14-13(6-7-23-14)24(20,21)17-10-16(19)8-11-4-2-3-5-12(11)9-16/h2-7,17,19H,8-10H2,1H3. The highest BCUT2D eigenvalue weighted by Gasteiger charge is 2.36. The fourth-order valence-corrected chi connectivity index (χ4v) is 5.31. The zero-order valence-corrected chi connectivity index (χ0v) is 14.6. The third-order valence-corrected chi connectivity index (χ3v) is 6.51. The van der Waals surface area contributed by atoms with E-state index < -0.39 is 21.6 Å². The van der Waals surface area contributed by atoms with Crippen molar-refractivity contribution in [2.24, 2.45) is 0 Å². The van der Waals surface area contributed by atoms with Crippen molar-refractivity contribution >= 4 is 27.3 Å². The number of nitrogens with one attached hydrogen (secondary N) is 1. The first-order valence-corrected chi connectivity index (χ1v) is 9.66. The Balaban J connectivity index is 1.75. The number of hydrogen-bond donors (Lipinski definition) is 2. The monoisotopic (exact) mass is 367 g/mol. The van der Waals surface area contributed by atoms with Gasteiger partial charge in [-0.15, -0.1) is 11.3 Å². The molecule has 1 aromatic heterocycles. The smallest absolute Gasteiger partial charge is 0.349 e. The molecule has 0 saturated heterocycles. The molecule has 0 amide bonds. The molecule has 0 spiro atoms. The SMILES string of the molecule is COC(=O)c1sccc1S(=O)(=O)NCC1(O)Cc2ccccc2C1. The molecule has 0 atom stereocenters. The molecule has 1 aliphatic carbocycles. The number of carbonyl (C=O) groups excluding carboxylic acids is 1. The van der Waals surface area contributed by atoms with Crippen LogP contribution in [0.3, 0.4) is 0 Å². The third kappa shape index (κ3) is 3.23. The van der Waals surface area contributed by atoms with E-state index in [1.807, 2.05) is 24.3 Å². The predicted molar refractivity (Wildman–Crippen MR) is 89.6 cm³/mol. The molecule has 0 saturated carbocycles. The number of thiophene rings is 1. The van der Waals surface area contributed by atoms with E-state index in [4.69, 9.17) is 0 Å². The predicted octanol–water partition coefficient (Wildman–Crippen LogP) is 1.34. The molecule has 2 N–H and O–H groups in total. The van der Waals surface area contributed by atoms with Crippen molar-refractivity contribution < 1.29 is 23.1 Å². The molecule has 0 unspecified atom stereocenters. The van der Waals surface area contributed by atoms with Gasteiger partial charge in [0.05, 0.1) is 12.7 Å². The van der Waals surface area contributed by atoms with Gasteiger partial charge in [0.1, 0.15) is 9.77 Å². The van der Waals surface area contributed by atoms with Gasteiger partial charge in [0.25, 0.3) is 0 Å². The maximum absolute atomic E-state index is 12.5. The van der Waals surface area contributed by atoms with Gasteiger partial charge in [-0.3, -0.25) is 0 Å². The molecule has 0 aliphatic heterocycles. The van der Waals surface area contributed by atoms with E-state index in [2.05, 4.69) is 9.46 Å². The number of sulfonamides is 1. The van der Waals surface area contributed by atoms with Gasteiger partial charge in [-0.2, -0.15) is 0 Å². The molecule has 1 aromatic carbocycles. The first-order chi connectivity index (χ1) is 11.3. The van der Waals surface area contributed by atoms with Crippen LogP contribution in [0.15, 0.2) is 40.6 Å². The largest absolute Gasteiger partial charge is 0.465 e. The minimum absolute atomic E-state index is 0.0201. The second kappa shape index (κ2) is 6.29. The lowest BCUT2D eigenvalue weighted by atomic mass is 10.0. The van der Waals surface area contributed by atoms with Crippen LogP contribution in [-0.4, -0.2) is 38.7 Å². The van der Waals surface area contributed by atoms with Gasteiger partial charge in [-0.25, -0.2) is 17.9 Å². The van der Waals surface area contributed by atoms with E-state index in [9.17, 15) is 18.3 Å².